The summed E-state index contributed by atoms with van der Waals surface area (Å²) in [5.74, 6) is -0.245. The molecule has 5 heteroatoms. The molecular formula is C6H14ClNO3. The van der Waals surface area contributed by atoms with Crippen molar-refractivity contribution >= 4 is 12.4 Å². The van der Waals surface area contributed by atoms with Gasteiger partial charge in [-0.2, -0.15) is 0 Å². The van der Waals surface area contributed by atoms with E-state index >= 15 is 0 Å². The van der Waals surface area contributed by atoms with Crippen molar-refractivity contribution in [2.75, 3.05) is 6.61 Å². The van der Waals surface area contributed by atoms with Gasteiger partial charge in [-0.25, -0.2) is 0 Å². The first-order valence-electron chi connectivity index (χ1n) is 3.39. The Balaban J connectivity index is 0.000001000. The van der Waals surface area contributed by atoms with Gasteiger partial charge in [-0.3, -0.25) is 0 Å². The predicted octanol–water partition coefficient (Wildman–Crippen LogP) is -1.53. The van der Waals surface area contributed by atoms with Crippen LogP contribution in [0, 0.1) is 5.92 Å². The van der Waals surface area contributed by atoms with Gasteiger partial charge in [0.25, 0.3) is 0 Å². The molecule has 0 amide bonds. The van der Waals surface area contributed by atoms with Crippen LogP contribution in [-0.4, -0.2) is 40.2 Å². The van der Waals surface area contributed by atoms with Crippen LogP contribution in [0.5, 0.6) is 0 Å². The van der Waals surface area contributed by atoms with Crippen molar-refractivity contribution in [1.29, 1.82) is 0 Å². The normalized spacial score (nSPS) is 43.6. The number of halogens is 1. The molecule has 68 valence electrons. The first kappa shape index (κ1) is 11.1. The lowest BCUT2D eigenvalue weighted by molar-refractivity contribution is 0.00300. The highest BCUT2D eigenvalue weighted by molar-refractivity contribution is 5.85. The molecule has 0 aromatic rings. The average Bonchev–Trinajstić information content (AvgIpc) is 2.17. The number of rotatable bonds is 1. The van der Waals surface area contributed by atoms with E-state index < -0.39 is 12.2 Å². The second-order valence-corrected chi connectivity index (χ2v) is 2.82. The van der Waals surface area contributed by atoms with Gasteiger partial charge < -0.3 is 21.1 Å². The predicted molar refractivity (Wildman–Crippen MR) is 42.4 cm³/mol. The summed E-state index contributed by atoms with van der Waals surface area (Å²) in [7, 11) is 0. The van der Waals surface area contributed by atoms with Crippen molar-refractivity contribution < 1.29 is 15.3 Å². The Morgan fingerprint density at radius 2 is 1.82 bits per heavy atom. The maximum atomic E-state index is 9.14. The largest absolute Gasteiger partial charge is 0.396 e. The average molecular weight is 184 g/mol. The van der Waals surface area contributed by atoms with E-state index in [4.69, 9.17) is 21.1 Å². The summed E-state index contributed by atoms with van der Waals surface area (Å²) in [5.41, 5.74) is 5.41. The van der Waals surface area contributed by atoms with Gasteiger partial charge >= 0.3 is 0 Å². The van der Waals surface area contributed by atoms with Crippen molar-refractivity contribution in [2.45, 2.75) is 24.7 Å². The Kier molecular flexibility index (Phi) is 4.28. The fourth-order valence-electron chi connectivity index (χ4n) is 1.34. The molecule has 4 nitrogen and oxygen atoms in total. The number of nitrogens with two attached hydrogens (primary N) is 1. The molecule has 1 aliphatic carbocycles. The third-order valence-electron chi connectivity index (χ3n) is 2.08. The number of aliphatic hydroxyl groups excluding tert-OH is 3. The smallest absolute Gasteiger partial charge is 0.0953 e. The van der Waals surface area contributed by atoms with Crippen LogP contribution in [0.2, 0.25) is 0 Å². The Morgan fingerprint density at radius 3 is 2.00 bits per heavy atom. The van der Waals surface area contributed by atoms with Crippen LogP contribution in [0.4, 0.5) is 0 Å². The van der Waals surface area contributed by atoms with Crippen LogP contribution < -0.4 is 5.73 Å². The van der Waals surface area contributed by atoms with Crippen molar-refractivity contribution in [3.63, 3.8) is 0 Å². The zero-order valence-electron chi connectivity index (χ0n) is 6.05. The SMILES string of the molecule is Cl.N[C@@H]1C[C@H](CO)[C@@H](O)[C@H]1O. The van der Waals surface area contributed by atoms with E-state index in [1.807, 2.05) is 0 Å². The van der Waals surface area contributed by atoms with E-state index in [9.17, 15) is 0 Å². The van der Waals surface area contributed by atoms with Gasteiger partial charge in [0.15, 0.2) is 0 Å². The Labute approximate surface area is 71.4 Å². The minimum Gasteiger partial charge on any atom is -0.396 e. The maximum Gasteiger partial charge on any atom is 0.0953 e. The molecule has 1 fully saturated rings. The number of hydrogen-bond acceptors (Lipinski definition) is 4. The fourth-order valence-corrected chi connectivity index (χ4v) is 1.34. The standard InChI is InChI=1S/C6H13NO3.ClH/c7-4-1-3(2-8)5(9)6(4)10;/h3-6,8-10H,1-2,7H2;1H/t3-,4-,5-,6+;/m1./s1. The highest BCUT2D eigenvalue weighted by Crippen LogP contribution is 2.24. The first-order chi connectivity index (χ1) is 4.66. The maximum absolute atomic E-state index is 9.14. The molecular weight excluding hydrogens is 170 g/mol. The van der Waals surface area contributed by atoms with Crippen molar-refractivity contribution in [3.8, 4) is 0 Å². The second-order valence-electron chi connectivity index (χ2n) is 2.82. The minimum atomic E-state index is -0.864. The van der Waals surface area contributed by atoms with Gasteiger partial charge in [0.1, 0.15) is 0 Å². The van der Waals surface area contributed by atoms with E-state index in [0.29, 0.717) is 6.42 Å². The van der Waals surface area contributed by atoms with Crippen LogP contribution in [-0.2, 0) is 0 Å². The molecule has 0 aromatic carbocycles. The first-order valence-corrected chi connectivity index (χ1v) is 3.39. The van der Waals surface area contributed by atoms with Gasteiger partial charge in [0.2, 0.25) is 0 Å². The summed E-state index contributed by atoms with van der Waals surface area (Å²) in [6.45, 7) is -0.105. The van der Waals surface area contributed by atoms with Crippen molar-refractivity contribution in [3.05, 3.63) is 0 Å². The monoisotopic (exact) mass is 183 g/mol. The molecule has 11 heavy (non-hydrogen) atoms. The Hall–Kier alpha value is 0.130. The summed E-state index contributed by atoms with van der Waals surface area (Å²) in [6.07, 6.45) is -1.21. The summed E-state index contributed by atoms with van der Waals surface area (Å²) in [4.78, 5) is 0. The molecule has 0 spiro atoms. The van der Waals surface area contributed by atoms with Crippen LogP contribution >= 0.6 is 12.4 Å². The van der Waals surface area contributed by atoms with Crippen LogP contribution in [0.15, 0.2) is 0 Å². The minimum absolute atomic E-state index is 0. The highest BCUT2D eigenvalue weighted by Gasteiger charge is 2.38. The van der Waals surface area contributed by atoms with Gasteiger partial charge in [0, 0.05) is 18.6 Å². The lowest BCUT2D eigenvalue weighted by Crippen LogP contribution is -2.35. The van der Waals surface area contributed by atoms with Crippen LogP contribution in [0.1, 0.15) is 6.42 Å². The van der Waals surface area contributed by atoms with Crippen molar-refractivity contribution in [2.24, 2.45) is 11.7 Å². The molecule has 0 unspecified atom stereocenters. The van der Waals surface area contributed by atoms with E-state index in [-0.39, 0.29) is 31.0 Å². The van der Waals surface area contributed by atoms with E-state index in [1.165, 1.54) is 0 Å². The molecule has 1 saturated carbocycles. The molecule has 1 aliphatic rings. The number of aliphatic hydroxyl groups is 3. The molecule has 0 aliphatic heterocycles. The summed E-state index contributed by atoms with van der Waals surface area (Å²) >= 11 is 0. The van der Waals surface area contributed by atoms with E-state index in [0.717, 1.165) is 0 Å². The molecule has 0 saturated heterocycles. The molecule has 0 aromatic heterocycles. The van der Waals surface area contributed by atoms with Gasteiger partial charge in [-0.15, -0.1) is 12.4 Å². The highest BCUT2D eigenvalue weighted by atomic mass is 35.5. The van der Waals surface area contributed by atoms with Gasteiger partial charge in [-0.05, 0) is 6.42 Å². The second kappa shape index (κ2) is 4.23. The lowest BCUT2D eigenvalue weighted by Gasteiger charge is -2.13. The van der Waals surface area contributed by atoms with E-state index in [1.54, 1.807) is 0 Å². The summed E-state index contributed by atoms with van der Waals surface area (Å²) in [6, 6.07) is -0.382. The zero-order valence-corrected chi connectivity index (χ0v) is 6.87. The van der Waals surface area contributed by atoms with Gasteiger partial charge in [-0.1, -0.05) is 0 Å². The Bertz CT molecular complexity index is 124. The third kappa shape index (κ3) is 2.04. The van der Waals surface area contributed by atoms with Crippen LogP contribution in [0.25, 0.3) is 0 Å². The molecule has 0 bridgehead atoms. The summed E-state index contributed by atoms with van der Waals surface area (Å²) < 4.78 is 0. The zero-order chi connectivity index (χ0) is 7.72. The fraction of sp³-hybridized carbons (Fsp3) is 1.00. The molecule has 0 radical (unpaired) electrons. The molecule has 4 atom stereocenters. The lowest BCUT2D eigenvalue weighted by atomic mass is 10.1. The summed E-state index contributed by atoms with van der Waals surface area (Å²) in [5, 5.41) is 26.9. The third-order valence-corrected chi connectivity index (χ3v) is 2.08. The topological polar surface area (TPSA) is 86.7 Å². The molecule has 0 heterocycles. The molecule has 1 rings (SSSR count). The quantitative estimate of drug-likeness (QED) is 0.397. The van der Waals surface area contributed by atoms with Crippen molar-refractivity contribution in [1.82, 2.24) is 0 Å². The van der Waals surface area contributed by atoms with Gasteiger partial charge in [0.05, 0.1) is 12.2 Å². The van der Waals surface area contributed by atoms with E-state index in [2.05, 4.69) is 0 Å². The number of hydrogen-bond donors (Lipinski definition) is 4. The molecule has 5 N–H and O–H groups in total. The Morgan fingerprint density at radius 1 is 1.27 bits per heavy atom. The van der Waals surface area contributed by atoms with Crippen LogP contribution in [0.3, 0.4) is 0 Å².